The number of rotatable bonds is 12. The summed E-state index contributed by atoms with van der Waals surface area (Å²) in [6.07, 6.45) is 1.23. The van der Waals surface area contributed by atoms with Gasteiger partial charge in [0.25, 0.3) is 0 Å². The van der Waals surface area contributed by atoms with Crippen LogP contribution >= 0.6 is 0 Å². The number of esters is 1. The van der Waals surface area contributed by atoms with Crippen LogP contribution in [0.3, 0.4) is 0 Å². The van der Waals surface area contributed by atoms with Crippen molar-refractivity contribution in [2.75, 3.05) is 13.2 Å². The molecule has 25 heavy (non-hydrogen) atoms. The number of hydrogen-bond acceptors (Lipinski definition) is 5. The Bertz CT molecular complexity index is 470. The van der Waals surface area contributed by atoms with Crippen LogP contribution in [0, 0.1) is 22.7 Å². The third kappa shape index (κ3) is 6.65. The van der Waals surface area contributed by atoms with Gasteiger partial charge in [0.2, 0.25) is 0 Å². The minimum absolute atomic E-state index is 0.0114. The molecule has 0 bridgehead atoms. The molecule has 0 fully saturated rings. The predicted molar refractivity (Wildman–Crippen MR) is 92.0 cm³/mol. The summed E-state index contributed by atoms with van der Waals surface area (Å²) in [7, 11) is 0. The minimum Gasteiger partial charge on any atom is -0.481 e. The Morgan fingerprint density at radius 2 is 1.44 bits per heavy atom. The molecule has 0 spiro atoms. The van der Waals surface area contributed by atoms with E-state index >= 15 is 0 Å². The van der Waals surface area contributed by atoms with Crippen molar-refractivity contribution < 1.29 is 34.4 Å². The van der Waals surface area contributed by atoms with Gasteiger partial charge in [-0.05, 0) is 25.7 Å². The van der Waals surface area contributed by atoms with E-state index in [1.807, 2.05) is 13.8 Å². The second-order valence-corrected chi connectivity index (χ2v) is 7.42. The van der Waals surface area contributed by atoms with E-state index in [1.165, 1.54) is 6.92 Å². The fourth-order valence-electron chi connectivity index (χ4n) is 2.81. The van der Waals surface area contributed by atoms with Gasteiger partial charge in [-0.1, -0.05) is 34.6 Å². The first-order valence-electron chi connectivity index (χ1n) is 8.70. The second kappa shape index (κ2) is 9.75. The molecular weight excluding hydrogens is 328 g/mol. The van der Waals surface area contributed by atoms with Crippen LogP contribution in [-0.2, 0) is 19.1 Å². The smallest absolute Gasteiger partial charge is 0.314 e. The summed E-state index contributed by atoms with van der Waals surface area (Å²) in [5.41, 5.74) is -1.76. The van der Waals surface area contributed by atoms with Gasteiger partial charge in [0, 0.05) is 5.41 Å². The molecule has 0 rings (SSSR count). The average Bonchev–Trinajstić information content (AvgIpc) is 2.57. The van der Waals surface area contributed by atoms with Crippen LogP contribution in [0.1, 0.15) is 60.3 Å². The van der Waals surface area contributed by atoms with Gasteiger partial charge in [0.05, 0.1) is 30.5 Å². The van der Waals surface area contributed by atoms with Gasteiger partial charge >= 0.3 is 17.9 Å². The van der Waals surface area contributed by atoms with Crippen molar-refractivity contribution in [1.82, 2.24) is 0 Å². The topological polar surface area (TPSA) is 121 Å². The Labute approximate surface area is 149 Å². The number of carboxylic acid groups (broad SMARTS) is 2. The molecule has 4 atom stereocenters. The van der Waals surface area contributed by atoms with Crippen molar-refractivity contribution in [2.24, 2.45) is 22.7 Å². The van der Waals surface area contributed by atoms with Crippen LogP contribution in [0.5, 0.6) is 0 Å². The lowest BCUT2D eigenvalue weighted by Gasteiger charge is -2.34. The molecule has 0 aromatic rings. The zero-order valence-corrected chi connectivity index (χ0v) is 15.9. The number of aliphatic carboxylic acids is 2. The first-order valence-corrected chi connectivity index (χ1v) is 8.70. The number of aliphatic hydroxyl groups excluding tert-OH is 1. The van der Waals surface area contributed by atoms with Crippen molar-refractivity contribution >= 4 is 17.9 Å². The van der Waals surface area contributed by atoms with Crippen molar-refractivity contribution in [3.63, 3.8) is 0 Å². The van der Waals surface area contributed by atoms with Crippen molar-refractivity contribution in [1.29, 1.82) is 0 Å². The van der Waals surface area contributed by atoms with Crippen molar-refractivity contribution in [3.8, 4) is 0 Å². The summed E-state index contributed by atoms with van der Waals surface area (Å²) in [5.74, 6) is -3.92. The molecule has 7 heteroatoms. The van der Waals surface area contributed by atoms with Gasteiger partial charge in [0.15, 0.2) is 0 Å². The fourth-order valence-corrected chi connectivity index (χ4v) is 2.81. The third-order valence-corrected chi connectivity index (χ3v) is 5.16. The molecule has 0 aromatic heterocycles. The van der Waals surface area contributed by atoms with E-state index in [4.69, 9.17) is 14.9 Å². The lowest BCUT2D eigenvalue weighted by Crippen LogP contribution is -2.40. The molecule has 0 saturated heterocycles. The highest BCUT2D eigenvalue weighted by molar-refractivity contribution is 5.78. The lowest BCUT2D eigenvalue weighted by molar-refractivity contribution is -0.165. The maximum absolute atomic E-state index is 12.6. The highest BCUT2D eigenvalue weighted by Crippen LogP contribution is 2.35. The van der Waals surface area contributed by atoms with Crippen LogP contribution in [0.4, 0.5) is 0 Å². The summed E-state index contributed by atoms with van der Waals surface area (Å²) >= 11 is 0. The maximum Gasteiger partial charge on any atom is 0.314 e. The Kier molecular flexibility index (Phi) is 9.11. The molecule has 0 radical (unpaired) electrons. The minimum atomic E-state index is -1.26. The summed E-state index contributed by atoms with van der Waals surface area (Å²) in [4.78, 5) is 34.7. The summed E-state index contributed by atoms with van der Waals surface area (Å²) in [5, 5.41) is 27.9. The first-order chi connectivity index (χ1) is 11.5. The van der Waals surface area contributed by atoms with Crippen LogP contribution in [0.15, 0.2) is 0 Å². The second-order valence-electron chi connectivity index (χ2n) is 7.42. The first kappa shape index (κ1) is 23.4. The Morgan fingerprint density at radius 3 is 1.80 bits per heavy atom. The van der Waals surface area contributed by atoms with Crippen LogP contribution in [-0.4, -0.2) is 46.4 Å². The van der Waals surface area contributed by atoms with E-state index in [0.29, 0.717) is 12.8 Å². The molecule has 0 amide bonds. The van der Waals surface area contributed by atoms with E-state index in [-0.39, 0.29) is 19.4 Å². The van der Waals surface area contributed by atoms with Crippen LogP contribution in [0.2, 0.25) is 0 Å². The van der Waals surface area contributed by atoms with Gasteiger partial charge in [-0.2, -0.15) is 0 Å². The van der Waals surface area contributed by atoms with Gasteiger partial charge in [-0.15, -0.1) is 0 Å². The molecule has 0 heterocycles. The van der Waals surface area contributed by atoms with E-state index < -0.39 is 47.2 Å². The quantitative estimate of drug-likeness (QED) is 0.457. The maximum atomic E-state index is 12.6. The SMILES string of the molecule is CCC(C)(COC(=O)C(CC)(CO)CC(C)C(=O)O)CC(C)C(=O)O. The molecule has 4 unspecified atom stereocenters. The lowest BCUT2D eigenvalue weighted by atomic mass is 9.77. The summed E-state index contributed by atoms with van der Waals surface area (Å²) in [6, 6.07) is 0. The molecule has 7 nitrogen and oxygen atoms in total. The zero-order valence-electron chi connectivity index (χ0n) is 15.9. The van der Waals surface area contributed by atoms with E-state index in [9.17, 15) is 19.5 Å². The summed E-state index contributed by atoms with van der Waals surface area (Å²) in [6.45, 7) is 8.09. The fraction of sp³-hybridized carbons (Fsp3) is 0.833. The largest absolute Gasteiger partial charge is 0.481 e. The number of hydrogen-bond donors (Lipinski definition) is 3. The Balaban J connectivity index is 5.11. The van der Waals surface area contributed by atoms with Crippen LogP contribution in [0.25, 0.3) is 0 Å². The van der Waals surface area contributed by atoms with Gasteiger partial charge in [-0.3, -0.25) is 14.4 Å². The van der Waals surface area contributed by atoms with Crippen molar-refractivity contribution in [3.05, 3.63) is 0 Å². The number of carboxylic acids is 2. The van der Waals surface area contributed by atoms with Crippen LogP contribution < -0.4 is 0 Å². The monoisotopic (exact) mass is 360 g/mol. The Morgan fingerprint density at radius 1 is 0.960 bits per heavy atom. The highest BCUT2D eigenvalue weighted by Gasteiger charge is 2.41. The average molecular weight is 360 g/mol. The molecule has 0 aliphatic rings. The van der Waals surface area contributed by atoms with Gasteiger partial charge in [-0.25, -0.2) is 0 Å². The molecular formula is C18H32O7. The standard InChI is InChI=1S/C18H32O7/c1-6-17(5,8-12(3)14(20)21)11-25-16(24)18(7-2,10-19)9-13(4)15(22)23/h12-13,19H,6-11H2,1-5H3,(H,20,21)(H,22,23). The molecule has 0 saturated carbocycles. The normalized spacial score (nSPS) is 18.5. The number of ether oxygens (including phenoxy) is 1. The highest BCUT2D eigenvalue weighted by atomic mass is 16.5. The molecule has 3 N–H and O–H groups in total. The van der Waals surface area contributed by atoms with E-state index in [1.54, 1.807) is 13.8 Å². The van der Waals surface area contributed by atoms with E-state index in [0.717, 1.165) is 0 Å². The van der Waals surface area contributed by atoms with E-state index in [2.05, 4.69) is 0 Å². The third-order valence-electron chi connectivity index (χ3n) is 5.16. The van der Waals surface area contributed by atoms with Gasteiger partial charge < -0.3 is 20.1 Å². The number of aliphatic hydroxyl groups is 1. The molecule has 0 aromatic carbocycles. The Hall–Kier alpha value is -1.63. The zero-order chi connectivity index (χ0) is 19.8. The predicted octanol–water partition coefficient (Wildman–Crippen LogP) is 2.56. The number of carbonyl (C=O) groups excluding carboxylic acids is 1. The van der Waals surface area contributed by atoms with Crippen molar-refractivity contribution in [2.45, 2.75) is 60.3 Å². The summed E-state index contributed by atoms with van der Waals surface area (Å²) < 4.78 is 5.42. The molecule has 0 aliphatic carbocycles. The molecule has 146 valence electrons. The number of carbonyl (C=O) groups is 3. The molecule has 0 aliphatic heterocycles. The van der Waals surface area contributed by atoms with Gasteiger partial charge in [0.1, 0.15) is 0 Å².